The molecule has 0 saturated carbocycles. The van der Waals surface area contributed by atoms with Gasteiger partial charge in [0, 0.05) is 43.1 Å². The van der Waals surface area contributed by atoms with Crippen LogP contribution in [0.4, 0.5) is 0 Å². The molecule has 1 amide bonds. The Bertz CT molecular complexity index is 1100. The summed E-state index contributed by atoms with van der Waals surface area (Å²) in [5.41, 5.74) is 2.97. The number of para-hydroxylation sites is 1. The van der Waals surface area contributed by atoms with E-state index in [1.807, 2.05) is 36.1 Å². The Hall–Kier alpha value is -2.64. The predicted molar refractivity (Wildman–Crippen MR) is 114 cm³/mol. The highest BCUT2D eigenvalue weighted by atomic mass is 16.7. The number of esters is 1. The first-order chi connectivity index (χ1) is 15.0. The fourth-order valence-electron chi connectivity index (χ4n) is 6.18. The molecule has 0 unspecified atom stereocenters. The van der Waals surface area contributed by atoms with Gasteiger partial charge in [0.05, 0.1) is 19.8 Å². The lowest BCUT2D eigenvalue weighted by molar-refractivity contribution is -0.230. The Kier molecular flexibility index (Phi) is 4.71. The molecular weight excluding hydrogens is 396 g/mol. The maximum Gasteiger partial charge on any atom is 0.338 e. The quantitative estimate of drug-likeness (QED) is 0.548. The minimum atomic E-state index is -1.20. The van der Waals surface area contributed by atoms with Crippen LogP contribution in [0.25, 0.3) is 10.9 Å². The summed E-state index contributed by atoms with van der Waals surface area (Å²) in [6, 6.07) is 8.01. The summed E-state index contributed by atoms with van der Waals surface area (Å²) in [5, 5.41) is 1.11. The number of carbonyl (C=O) groups excluding carboxylic acids is 2. The molecule has 4 atom stereocenters. The van der Waals surface area contributed by atoms with E-state index in [0.29, 0.717) is 19.6 Å². The molecule has 1 saturated heterocycles. The van der Waals surface area contributed by atoms with Crippen LogP contribution in [0.5, 0.6) is 0 Å². The number of methoxy groups -OCH3 is 2. The first kappa shape index (κ1) is 20.3. The van der Waals surface area contributed by atoms with Crippen molar-refractivity contribution in [2.24, 2.45) is 5.92 Å². The Labute approximate surface area is 181 Å². The fourth-order valence-corrected chi connectivity index (χ4v) is 6.18. The lowest BCUT2D eigenvalue weighted by atomic mass is 9.68. The summed E-state index contributed by atoms with van der Waals surface area (Å²) in [6.45, 7) is 4.64. The van der Waals surface area contributed by atoms with Gasteiger partial charge in [-0.05, 0) is 37.0 Å². The van der Waals surface area contributed by atoms with E-state index in [1.165, 1.54) is 12.7 Å². The second kappa shape index (κ2) is 7.21. The lowest BCUT2D eigenvalue weighted by Crippen LogP contribution is -2.65. The van der Waals surface area contributed by atoms with E-state index in [1.54, 1.807) is 14.0 Å². The summed E-state index contributed by atoms with van der Waals surface area (Å²) in [4.78, 5) is 28.2. The van der Waals surface area contributed by atoms with E-state index in [9.17, 15) is 9.59 Å². The van der Waals surface area contributed by atoms with Crippen molar-refractivity contribution in [3.8, 4) is 0 Å². The standard InChI is InChI=1S/C24H28N2O5/c1-5-15-13-31-23(30-4)24(22(28)29-3)18(15)12-20-21-17(10-11-25(20)14(2)27)16-8-6-7-9-19(16)26(21)24/h5-9,18,20,23H,10-13H2,1-4H3/b15-5+/t18-,20-,23+,24+/m0/s1. The van der Waals surface area contributed by atoms with Crippen molar-refractivity contribution in [3.05, 3.63) is 47.2 Å². The van der Waals surface area contributed by atoms with Crippen molar-refractivity contribution < 1.29 is 23.8 Å². The van der Waals surface area contributed by atoms with Gasteiger partial charge >= 0.3 is 5.97 Å². The maximum atomic E-state index is 13.7. The van der Waals surface area contributed by atoms with Gasteiger partial charge in [0.25, 0.3) is 0 Å². The van der Waals surface area contributed by atoms with Gasteiger partial charge in [-0.2, -0.15) is 0 Å². The second-order valence-electron chi connectivity index (χ2n) is 8.54. The maximum absolute atomic E-state index is 13.7. The molecule has 7 nitrogen and oxygen atoms in total. The van der Waals surface area contributed by atoms with E-state index >= 15 is 0 Å². The molecule has 7 heteroatoms. The van der Waals surface area contributed by atoms with Gasteiger partial charge in [0.2, 0.25) is 11.4 Å². The van der Waals surface area contributed by atoms with Crippen molar-refractivity contribution in [1.82, 2.24) is 9.47 Å². The third-order valence-corrected chi connectivity index (χ3v) is 7.38. The van der Waals surface area contributed by atoms with Gasteiger partial charge < -0.3 is 23.7 Å². The minimum absolute atomic E-state index is 0.0513. The van der Waals surface area contributed by atoms with E-state index in [0.717, 1.165) is 28.6 Å². The molecule has 0 bridgehead atoms. The smallest absolute Gasteiger partial charge is 0.338 e. The Balaban J connectivity index is 1.92. The highest BCUT2D eigenvalue weighted by Gasteiger charge is 2.64. The largest absolute Gasteiger partial charge is 0.467 e. The SMILES string of the molecule is C/C=C1\CO[C@@H](OC)[C@]2(C(=O)OC)[C@H]1C[C@H]1c3c(c4ccccc4n32)CCN1C(C)=O. The third-order valence-electron chi connectivity index (χ3n) is 7.38. The molecule has 3 aliphatic rings. The van der Waals surface area contributed by atoms with Gasteiger partial charge in [-0.25, -0.2) is 4.79 Å². The molecule has 1 aromatic heterocycles. The molecule has 0 radical (unpaired) electrons. The number of carbonyl (C=O) groups is 2. The van der Waals surface area contributed by atoms with Crippen molar-refractivity contribution in [3.63, 3.8) is 0 Å². The number of allylic oxidation sites excluding steroid dienone is 1. The van der Waals surface area contributed by atoms with Crippen molar-refractivity contribution >= 4 is 22.8 Å². The molecule has 0 spiro atoms. The highest BCUT2D eigenvalue weighted by Crippen LogP contribution is 2.56. The Morgan fingerprint density at radius 3 is 2.71 bits per heavy atom. The van der Waals surface area contributed by atoms with Crippen LogP contribution < -0.4 is 0 Å². The Morgan fingerprint density at radius 1 is 1.26 bits per heavy atom. The zero-order chi connectivity index (χ0) is 21.9. The third kappa shape index (κ3) is 2.47. The molecule has 164 valence electrons. The minimum Gasteiger partial charge on any atom is -0.467 e. The molecule has 5 rings (SSSR count). The first-order valence-corrected chi connectivity index (χ1v) is 10.8. The summed E-state index contributed by atoms with van der Waals surface area (Å²) in [5.74, 6) is -0.550. The summed E-state index contributed by atoms with van der Waals surface area (Å²) in [7, 11) is 2.98. The predicted octanol–water partition coefficient (Wildman–Crippen LogP) is 2.92. The molecule has 1 fully saturated rings. The number of hydrogen-bond donors (Lipinski definition) is 0. The van der Waals surface area contributed by atoms with E-state index < -0.39 is 11.8 Å². The van der Waals surface area contributed by atoms with Gasteiger partial charge in [-0.15, -0.1) is 0 Å². The first-order valence-electron chi connectivity index (χ1n) is 10.8. The van der Waals surface area contributed by atoms with E-state index in [2.05, 4.69) is 10.6 Å². The van der Waals surface area contributed by atoms with E-state index in [-0.39, 0.29) is 23.8 Å². The van der Waals surface area contributed by atoms with Crippen molar-refractivity contribution in [2.75, 3.05) is 27.4 Å². The number of rotatable bonds is 2. The lowest BCUT2D eigenvalue weighted by Gasteiger charge is -2.55. The van der Waals surface area contributed by atoms with Crippen LogP contribution in [0.3, 0.4) is 0 Å². The van der Waals surface area contributed by atoms with Crippen LogP contribution in [0, 0.1) is 5.92 Å². The summed E-state index contributed by atoms with van der Waals surface area (Å²) in [6.07, 6.45) is 2.59. The topological polar surface area (TPSA) is 70.0 Å². The summed E-state index contributed by atoms with van der Waals surface area (Å²) < 4.78 is 19.4. The normalized spacial score (nSPS) is 30.8. The molecule has 31 heavy (non-hydrogen) atoms. The zero-order valence-corrected chi connectivity index (χ0v) is 18.4. The molecule has 1 aromatic carbocycles. The number of ether oxygens (including phenoxy) is 3. The zero-order valence-electron chi connectivity index (χ0n) is 18.4. The number of fused-ring (bicyclic) bond motifs is 5. The van der Waals surface area contributed by atoms with Gasteiger partial charge in [-0.3, -0.25) is 4.79 Å². The number of nitrogens with zero attached hydrogens (tertiary/aromatic N) is 2. The van der Waals surface area contributed by atoms with Gasteiger partial charge in [-0.1, -0.05) is 24.3 Å². The number of aromatic nitrogens is 1. The number of hydrogen-bond acceptors (Lipinski definition) is 5. The van der Waals surface area contributed by atoms with Crippen LogP contribution >= 0.6 is 0 Å². The van der Waals surface area contributed by atoms with E-state index in [4.69, 9.17) is 14.2 Å². The highest BCUT2D eigenvalue weighted by molar-refractivity contribution is 5.92. The number of amides is 1. The molecular formula is C24H28N2O5. The van der Waals surface area contributed by atoms with Crippen LogP contribution in [0.15, 0.2) is 35.9 Å². The molecule has 2 aromatic rings. The fraction of sp³-hybridized carbons (Fsp3) is 0.500. The van der Waals surface area contributed by atoms with Crippen LogP contribution in [-0.4, -0.2) is 55.0 Å². The van der Waals surface area contributed by atoms with Crippen molar-refractivity contribution in [1.29, 1.82) is 0 Å². The average molecular weight is 424 g/mol. The molecule has 4 heterocycles. The summed E-state index contributed by atoms with van der Waals surface area (Å²) >= 11 is 0. The van der Waals surface area contributed by atoms with Gasteiger partial charge in [0.1, 0.15) is 0 Å². The van der Waals surface area contributed by atoms with Crippen LogP contribution in [-0.2, 0) is 35.8 Å². The van der Waals surface area contributed by atoms with Crippen LogP contribution in [0.2, 0.25) is 0 Å². The Morgan fingerprint density at radius 2 is 2.03 bits per heavy atom. The van der Waals surface area contributed by atoms with Crippen LogP contribution in [0.1, 0.15) is 37.6 Å². The number of benzene rings is 1. The monoisotopic (exact) mass is 424 g/mol. The van der Waals surface area contributed by atoms with Crippen molar-refractivity contribution in [2.45, 2.75) is 44.6 Å². The van der Waals surface area contributed by atoms with Gasteiger partial charge in [0.15, 0.2) is 6.29 Å². The second-order valence-corrected chi connectivity index (χ2v) is 8.54. The molecule has 0 N–H and O–H groups in total. The molecule has 0 aliphatic carbocycles. The molecule has 3 aliphatic heterocycles. The average Bonchev–Trinajstić information content (AvgIpc) is 3.14.